The normalized spacial score (nSPS) is 10.5. The van der Waals surface area contributed by atoms with Crippen LogP contribution < -0.4 is 10.6 Å². The van der Waals surface area contributed by atoms with E-state index in [0.29, 0.717) is 11.4 Å². The molecule has 0 bridgehead atoms. The van der Waals surface area contributed by atoms with Crippen molar-refractivity contribution >= 4 is 17.3 Å². The van der Waals surface area contributed by atoms with Crippen molar-refractivity contribution < 1.29 is 18.0 Å². The zero-order valence-corrected chi connectivity index (χ0v) is 11.2. The van der Waals surface area contributed by atoms with Crippen molar-refractivity contribution in [1.29, 1.82) is 0 Å². The Hall–Kier alpha value is -2.50. The van der Waals surface area contributed by atoms with Gasteiger partial charge in [0.2, 0.25) is 0 Å². The molecule has 6 heteroatoms. The van der Waals surface area contributed by atoms with E-state index in [0.717, 1.165) is 12.1 Å². The lowest BCUT2D eigenvalue weighted by Crippen LogP contribution is -2.31. The molecule has 2 rings (SSSR count). The largest absolute Gasteiger partial charge is 0.399 e. The highest BCUT2D eigenvalue weighted by molar-refractivity contribution is 6.06. The molecule has 21 heavy (non-hydrogen) atoms. The molecule has 0 aliphatic rings. The second-order valence-corrected chi connectivity index (χ2v) is 4.36. The Morgan fingerprint density at radius 2 is 1.67 bits per heavy atom. The first-order chi connectivity index (χ1) is 9.95. The van der Waals surface area contributed by atoms with Gasteiger partial charge in [-0.25, -0.2) is 13.2 Å². The third kappa shape index (κ3) is 2.84. The number of halogens is 3. The summed E-state index contributed by atoms with van der Waals surface area (Å²) in [5.74, 6) is -5.23. The van der Waals surface area contributed by atoms with Gasteiger partial charge in [-0.05, 0) is 43.3 Å². The molecule has 3 nitrogen and oxygen atoms in total. The SMILES string of the molecule is CCN(C(=O)c1ccc(F)c(F)c1F)c1ccc(N)cc1. The first-order valence-corrected chi connectivity index (χ1v) is 6.26. The van der Waals surface area contributed by atoms with Crippen LogP contribution in [0.4, 0.5) is 24.5 Å². The van der Waals surface area contributed by atoms with Gasteiger partial charge < -0.3 is 10.6 Å². The van der Waals surface area contributed by atoms with Crippen LogP contribution in [0.25, 0.3) is 0 Å². The number of hydrogen-bond donors (Lipinski definition) is 1. The molecule has 0 radical (unpaired) electrons. The molecule has 0 aliphatic carbocycles. The van der Waals surface area contributed by atoms with Gasteiger partial charge in [0.05, 0.1) is 5.56 Å². The van der Waals surface area contributed by atoms with Crippen molar-refractivity contribution in [2.24, 2.45) is 0 Å². The lowest BCUT2D eigenvalue weighted by Gasteiger charge is -2.21. The number of nitrogens with zero attached hydrogens (tertiary/aromatic N) is 1. The number of carbonyl (C=O) groups is 1. The molecule has 0 atom stereocenters. The van der Waals surface area contributed by atoms with E-state index in [1.807, 2.05) is 0 Å². The van der Waals surface area contributed by atoms with Crippen LogP contribution in [0.15, 0.2) is 36.4 Å². The van der Waals surface area contributed by atoms with E-state index in [2.05, 4.69) is 0 Å². The standard InChI is InChI=1S/C15H13F3N2O/c1-2-20(10-5-3-9(19)4-6-10)15(21)11-7-8-12(16)14(18)13(11)17/h3-8H,2,19H2,1H3. The van der Waals surface area contributed by atoms with Crippen LogP contribution in [-0.4, -0.2) is 12.5 Å². The van der Waals surface area contributed by atoms with Crippen molar-refractivity contribution in [3.05, 3.63) is 59.4 Å². The van der Waals surface area contributed by atoms with Crippen LogP contribution in [0.3, 0.4) is 0 Å². The first kappa shape index (κ1) is 14.9. The molecular formula is C15H13F3N2O. The highest BCUT2D eigenvalue weighted by Crippen LogP contribution is 2.22. The summed E-state index contributed by atoms with van der Waals surface area (Å²) in [4.78, 5) is 13.6. The summed E-state index contributed by atoms with van der Waals surface area (Å²) in [6, 6.07) is 8.02. The second kappa shape index (κ2) is 5.87. The first-order valence-electron chi connectivity index (χ1n) is 6.26. The molecule has 0 spiro atoms. The molecule has 1 amide bonds. The number of nitrogens with two attached hydrogens (primary N) is 1. The van der Waals surface area contributed by atoms with Gasteiger partial charge in [-0.3, -0.25) is 4.79 Å². The van der Waals surface area contributed by atoms with E-state index in [1.54, 1.807) is 31.2 Å². The van der Waals surface area contributed by atoms with Gasteiger partial charge in [-0.1, -0.05) is 0 Å². The number of benzene rings is 2. The maximum absolute atomic E-state index is 13.7. The maximum Gasteiger partial charge on any atom is 0.261 e. The number of nitrogen functional groups attached to an aromatic ring is 1. The number of hydrogen-bond acceptors (Lipinski definition) is 2. The predicted molar refractivity (Wildman–Crippen MR) is 74.5 cm³/mol. The molecule has 0 fully saturated rings. The molecular weight excluding hydrogens is 281 g/mol. The summed E-state index contributed by atoms with van der Waals surface area (Å²) in [6.07, 6.45) is 0. The molecule has 2 N–H and O–H groups in total. The lowest BCUT2D eigenvalue weighted by molar-refractivity contribution is 0.0983. The van der Waals surface area contributed by atoms with E-state index in [-0.39, 0.29) is 6.54 Å². The minimum atomic E-state index is -1.66. The van der Waals surface area contributed by atoms with E-state index in [1.165, 1.54) is 4.90 Å². The molecule has 2 aromatic carbocycles. The Balaban J connectivity index is 2.41. The third-order valence-corrected chi connectivity index (χ3v) is 3.03. The number of carbonyl (C=O) groups excluding carboxylic acids is 1. The smallest absolute Gasteiger partial charge is 0.261 e. The van der Waals surface area contributed by atoms with Crippen LogP contribution in [-0.2, 0) is 0 Å². The summed E-state index contributed by atoms with van der Waals surface area (Å²) in [7, 11) is 0. The highest BCUT2D eigenvalue weighted by Gasteiger charge is 2.23. The summed E-state index contributed by atoms with van der Waals surface area (Å²) < 4.78 is 39.9. The summed E-state index contributed by atoms with van der Waals surface area (Å²) in [5.41, 5.74) is 6.04. The van der Waals surface area contributed by atoms with Gasteiger partial charge in [0.15, 0.2) is 17.5 Å². The van der Waals surface area contributed by atoms with Crippen LogP contribution >= 0.6 is 0 Å². The number of anilines is 2. The molecule has 2 aromatic rings. The zero-order valence-electron chi connectivity index (χ0n) is 11.2. The minimum absolute atomic E-state index is 0.237. The summed E-state index contributed by atoms with van der Waals surface area (Å²) in [5, 5.41) is 0. The summed E-state index contributed by atoms with van der Waals surface area (Å²) >= 11 is 0. The van der Waals surface area contributed by atoms with E-state index >= 15 is 0 Å². The Labute approximate surface area is 119 Å². The quantitative estimate of drug-likeness (QED) is 0.697. The Morgan fingerprint density at radius 3 is 2.24 bits per heavy atom. The Kier molecular flexibility index (Phi) is 4.16. The van der Waals surface area contributed by atoms with E-state index in [4.69, 9.17) is 5.73 Å². The molecule has 0 saturated heterocycles. The third-order valence-electron chi connectivity index (χ3n) is 3.03. The fourth-order valence-corrected chi connectivity index (χ4v) is 1.93. The van der Waals surface area contributed by atoms with Crippen LogP contribution in [0, 0.1) is 17.5 Å². The van der Waals surface area contributed by atoms with Gasteiger partial charge in [-0.15, -0.1) is 0 Å². The van der Waals surface area contributed by atoms with E-state index in [9.17, 15) is 18.0 Å². The monoisotopic (exact) mass is 294 g/mol. The van der Waals surface area contributed by atoms with Crippen LogP contribution in [0.5, 0.6) is 0 Å². The topological polar surface area (TPSA) is 46.3 Å². The Morgan fingerprint density at radius 1 is 1.05 bits per heavy atom. The van der Waals surface area contributed by atoms with Gasteiger partial charge in [-0.2, -0.15) is 0 Å². The molecule has 110 valence electrons. The van der Waals surface area contributed by atoms with Crippen molar-refractivity contribution in [2.45, 2.75) is 6.92 Å². The molecule has 0 heterocycles. The fourth-order valence-electron chi connectivity index (χ4n) is 1.93. The molecule has 0 unspecified atom stereocenters. The van der Waals surface area contributed by atoms with E-state index < -0.39 is 28.9 Å². The fraction of sp³-hybridized carbons (Fsp3) is 0.133. The van der Waals surface area contributed by atoms with Crippen molar-refractivity contribution in [3.8, 4) is 0 Å². The number of rotatable bonds is 3. The predicted octanol–water partition coefficient (Wildman–Crippen LogP) is 3.35. The minimum Gasteiger partial charge on any atom is -0.399 e. The van der Waals surface area contributed by atoms with Gasteiger partial charge >= 0.3 is 0 Å². The van der Waals surface area contributed by atoms with Gasteiger partial charge in [0.25, 0.3) is 5.91 Å². The zero-order chi connectivity index (χ0) is 15.6. The average molecular weight is 294 g/mol. The van der Waals surface area contributed by atoms with Crippen molar-refractivity contribution in [3.63, 3.8) is 0 Å². The highest BCUT2D eigenvalue weighted by atomic mass is 19.2. The molecule has 0 saturated carbocycles. The lowest BCUT2D eigenvalue weighted by atomic mass is 10.1. The van der Waals surface area contributed by atoms with Crippen molar-refractivity contribution in [1.82, 2.24) is 0 Å². The van der Waals surface area contributed by atoms with Crippen molar-refractivity contribution in [2.75, 3.05) is 17.2 Å². The van der Waals surface area contributed by atoms with Crippen LogP contribution in [0.2, 0.25) is 0 Å². The maximum atomic E-state index is 13.7. The van der Waals surface area contributed by atoms with Gasteiger partial charge in [0, 0.05) is 17.9 Å². The summed E-state index contributed by atoms with van der Waals surface area (Å²) in [6.45, 7) is 1.92. The molecule has 0 aromatic heterocycles. The average Bonchev–Trinajstić information content (AvgIpc) is 2.47. The van der Waals surface area contributed by atoms with Crippen LogP contribution in [0.1, 0.15) is 17.3 Å². The number of amides is 1. The van der Waals surface area contributed by atoms with Gasteiger partial charge in [0.1, 0.15) is 0 Å². The Bertz CT molecular complexity index is 671. The molecule has 0 aliphatic heterocycles. The second-order valence-electron chi connectivity index (χ2n) is 4.36.